The molecule has 1 saturated carbocycles. The molecule has 21 heavy (non-hydrogen) atoms. The van der Waals surface area contributed by atoms with Crippen LogP contribution in [0.15, 0.2) is 12.4 Å². The number of hydrogen-bond acceptors (Lipinski definition) is 4. The number of esters is 1. The van der Waals surface area contributed by atoms with Crippen molar-refractivity contribution in [2.45, 2.75) is 64.0 Å². The first-order valence-corrected chi connectivity index (χ1v) is 8.04. The molecule has 1 aliphatic rings. The lowest BCUT2D eigenvalue weighted by Crippen LogP contribution is -2.54. The van der Waals surface area contributed by atoms with Gasteiger partial charge in [-0.25, -0.2) is 4.98 Å². The van der Waals surface area contributed by atoms with E-state index in [0.717, 1.165) is 44.3 Å². The molecule has 0 aromatic carbocycles. The Balaban J connectivity index is 2.19. The maximum absolute atomic E-state index is 12.4. The smallest absolute Gasteiger partial charge is 0.326 e. The molecule has 5 nitrogen and oxygen atoms in total. The van der Waals surface area contributed by atoms with Gasteiger partial charge in [-0.3, -0.25) is 4.79 Å². The van der Waals surface area contributed by atoms with E-state index in [4.69, 9.17) is 4.74 Å². The summed E-state index contributed by atoms with van der Waals surface area (Å²) in [5.74, 6) is 1.01. The second-order valence-electron chi connectivity index (χ2n) is 5.80. The van der Waals surface area contributed by atoms with Gasteiger partial charge in [0.15, 0.2) is 0 Å². The predicted octanol–water partition coefficient (Wildman–Crippen LogP) is 2.47. The van der Waals surface area contributed by atoms with Crippen molar-refractivity contribution in [1.82, 2.24) is 14.9 Å². The molecule has 1 fully saturated rings. The Kier molecular flexibility index (Phi) is 5.39. The largest absolute Gasteiger partial charge is 0.465 e. The van der Waals surface area contributed by atoms with Crippen LogP contribution in [-0.2, 0) is 16.0 Å². The molecule has 2 atom stereocenters. The van der Waals surface area contributed by atoms with E-state index in [1.54, 1.807) is 0 Å². The van der Waals surface area contributed by atoms with Crippen LogP contribution in [0.4, 0.5) is 0 Å². The molecule has 1 aliphatic carbocycles. The van der Waals surface area contributed by atoms with Crippen LogP contribution in [0, 0.1) is 0 Å². The average Bonchev–Trinajstić information content (AvgIpc) is 2.96. The quantitative estimate of drug-likeness (QED) is 0.819. The van der Waals surface area contributed by atoms with Gasteiger partial charge in [-0.05, 0) is 46.1 Å². The van der Waals surface area contributed by atoms with E-state index in [9.17, 15) is 4.79 Å². The number of rotatable bonds is 6. The number of nitrogens with zero attached hydrogens (tertiary/aromatic N) is 2. The SMILES string of the molecule is CCCc1nccn1C1CCCC(NC)(C(=O)OCC)C1. The lowest BCUT2D eigenvalue weighted by molar-refractivity contribution is -0.153. The molecule has 2 unspecified atom stereocenters. The van der Waals surface area contributed by atoms with Crippen molar-refractivity contribution < 1.29 is 9.53 Å². The standard InChI is InChI=1S/C16H27N3O2/c1-4-7-14-18-10-11-19(14)13-8-6-9-16(12-13,17-3)15(20)21-5-2/h10-11,13,17H,4-9,12H2,1-3H3. The number of hydrogen-bond donors (Lipinski definition) is 1. The van der Waals surface area contributed by atoms with Crippen molar-refractivity contribution in [1.29, 1.82) is 0 Å². The normalized spacial score (nSPS) is 25.8. The van der Waals surface area contributed by atoms with Crippen molar-refractivity contribution >= 4 is 5.97 Å². The number of likely N-dealkylation sites (N-methyl/N-ethyl adjacent to an activating group) is 1. The monoisotopic (exact) mass is 293 g/mol. The Bertz CT molecular complexity index is 472. The molecule has 0 aliphatic heterocycles. The van der Waals surface area contributed by atoms with Gasteiger partial charge in [-0.15, -0.1) is 0 Å². The van der Waals surface area contributed by atoms with E-state index in [-0.39, 0.29) is 5.97 Å². The number of carbonyl (C=O) groups excluding carboxylic acids is 1. The van der Waals surface area contributed by atoms with E-state index in [1.807, 2.05) is 26.4 Å². The fourth-order valence-electron chi connectivity index (χ4n) is 3.36. The van der Waals surface area contributed by atoms with Crippen LogP contribution in [-0.4, -0.2) is 34.7 Å². The van der Waals surface area contributed by atoms with Crippen LogP contribution >= 0.6 is 0 Å². The van der Waals surface area contributed by atoms with Crippen LogP contribution in [0.5, 0.6) is 0 Å². The second-order valence-corrected chi connectivity index (χ2v) is 5.80. The van der Waals surface area contributed by atoms with Crippen LogP contribution in [0.1, 0.15) is 57.8 Å². The van der Waals surface area contributed by atoms with Crippen molar-refractivity contribution in [3.05, 3.63) is 18.2 Å². The summed E-state index contributed by atoms with van der Waals surface area (Å²) in [6.07, 6.45) is 9.71. The van der Waals surface area contributed by atoms with E-state index < -0.39 is 5.54 Å². The third-order valence-electron chi connectivity index (χ3n) is 4.49. The summed E-state index contributed by atoms with van der Waals surface area (Å²) in [6, 6.07) is 0.319. The molecule has 1 aromatic heterocycles. The molecule has 5 heteroatoms. The number of ether oxygens (including phenoxy) is 1. The predicted molar refractivity (Wildman–Crippen MR) is 82.2 cm³/mol. The number of aromatic nitrogens is 2. The topological polar surface area (TPSA) is 56.2 Å². The van der Waals surface area contributed by atoms with Crippen LogP contribution in [0.3, 0.4) is 0 Å². The zero-order valence-corrected chi connectivity index (χ0v) is 13.4. The highest BCUT2D eigenvalue weighted by Gasteiger charge is 2.43. The van der Waals surface area contributed by atoms with E-state index in [1.165, 1.54) is 0 Å². The lowest BCUT2D eigenvalue weighted by atomic mass is 9.78. The van der Waals surface area contributed by atoms with Crippen molar-refractivity contribution in [3.8, 4) is 0 Å². The molecule has 0 radical (unpaired) electrons. The summed E-state index contributed by atoms with van der Waals surface area (Å²) >= 11 is 0. The Morgan fingerprint density at radius 1 is 1.57 bits per heavy atom. The summed E-state index contributed by atoms with van der Waals surface area (Å²) in [4.78, 5) is 16.8. The number of carbonyl (C=O) groups is 1. The second kappa shape index (κ2) is 7.07. The first-order chi connectivity index (χ1) is 10.2. The highest BCUT2D eigenvalue weighted by Crippen LogP contribution is 2.36. The zero-order valence-electron chi connectivity index (χ0n) is 13.4. The highest BCUT2D eigenvalue weighted by molar-refractivity contribution is 5.81. The fraction of sp³-hybridized carbons (Fsp3) is 0.750. The summed E-state index contributed by atoms with van der Waals surface area (Å²) in [5, 5.41) is 3.24. The van der Waals surface area contributed by atoms with Gasteiger partial charge in [-0.2, -0.15) is 0 Å². The summed E-state index contributed by atoms with van der Waals surface area (Å²) in [6.45, 7) is 4.45. The maximum atomic E-state index is 12.4. The minimum atomic E-state index is -0.549. The molecule has 118 valence electrons. The summed E-state index contributed by atoms with van der Waals surface area (Å²) in [5.41, 5.74) is -0.549. The Labute approximate surface area is 127 Å². The van der Waals surface area contributed by atoms with Gasteiger partial charge in [0.05, 0.1) is 6.61 Å². The Morgan fingerprint density at radius 3 is 3.05 bits per heavy atom. The number of imidazole rings is 1. The number of aryl methyl sites for hydroxylation is 1. The Morgan fingerprint density at radius 2 is 2.38 bits per heavy atom. The molecule has 0 saturated heterocycles. The molecule has 0 amide bonds. The lowest BCUT2D eigenvalue weighted by Gasteiger charge is -2.39. The fourth-order valence-corrected chi connectivity index (χ4v) is 3.36. The highest BCUT2D eigenvalue weighted by atomic mass is 16.5. The minimum absolute atomic E-state index is 0.116. The van der Waals surface area contributed by atoms with Crippen molar-refractivity contribution in [2.75, 3.05) is 13.7 Å². The third kappa shape index (κ3) is 3.28. The number of nitrogens with one attached hydrogen (secondary N) is 1. The zero-order chi connectivity index (χ0) is 15.3. The molecular weight excluding hydrogens is 266 g/mol. The van der Waals surface area contributed by atoms with Gasteiger partial charge < -0.3 is 14.6 Å². The average molecular weight is 293 g/mol. The van der Waals surface area contributed by atoms with Gasteiger partial charge in [0.1, 0.15) is 11.4 Å². The molecule has 0 bridgehead atoms. The molecule has 1 heterocycles. The summed E-state index contributed by atoms with van der Waals surface area (Å²) in [7, 11) is 1.86. The van der Waals surface area contributed by atoms with E-state index in [2.05, 4.69) is 21.8 Å². The van der Waals surface area contributed by atoms with Crippen LogP contribution in [0.25, 0.3) is 0 Å². The van der Waals surface area contributed by atoms with Gasteiger partial charge in [-0.1, -0.05) is 6.92 Å². The first-order valence-electron chi connectivity index (χ1n) is 8.04. The Hall–Kier alpha value is -1.36. The van der Waals surface area contributed by atoms with Crippen LogP contribution < -0.4 is 5.32 Å². The molecule has 1 aromatic rings. The van der Waals surface area contributed by atoms with Gasteiger partial charge in [0, 0.05) is 24.9 Å². The maximum Gasteiger partial charge on any atom is 0.326 e. The first kappa shape index (κ1) is 16.0. The van der Waals surface area contributed by atoms with Gasteiger partial charge >= 0.3 is 5.97 Å². The van der Waals surface area contributed by atoms with Crippen molar-refractivity contribution in [2.24, 2.45) is 0 Å². The molecular formula is C16H27N3O2. The molecule has 0 spiro atoms. The third-order valence-corrected chi connectivity index (χ3v) is 4.49. The van der Waals surface area contributed by atoms with Crippen LogP contribution in [0.2, 0.25) is 0 Å². The molecule has 1 N–H and O–H groups in total. The van der Waals surface area contributed by atoms with E-state index >= 15 is 0 Å². The van der Waals surface area contributed by atoms with Gasteiger partial charge in [0.2, 0.25) is 0 Å². The van der Waals surface area contributed by atoms with Gasteiger partial charge in [0.25, 0.3) is 0 Å². The van der Waals surface area contributed by atoms with Crippen molar-refractivity contribution in [3.63, 3.8) is 0 Å². The minimum Gasteiger partial charge on any atom is -0.465 e. The molecule has 2 rings (SSSR count). The van der Waals surface area contributed by atoms with E-state index in [0.29, 0.717) is 12.6 Å². The summed E-state index contributed by atoms with van der Waals surface area (Å²) < 4.78 is 7.55.